The zero-order valence-corrected chi connectivity index (χ0v) is 13.3. The largest absolute Gasteiger partial charge is 0.342 e. The van der Waals surface area contributed by atoms with Gasteiger partial charge in [0.1, 0.15) is 15.7 Å². The van der Waals surface area contributed by atoms with Gasteiger partial charge < -0.3 is 9.84 Å². The lowest BCUT2D eigenvalue weighted by Gasteiger charge is -1.99. The minimum absolute atomic E-state index is 0.158. The fourth-order valence-electron chi connectivity index (χ4n) is 2.23. The number of amides is 1. The van der Waals surface area contributed by atoms with Crippen LogP contribution in [0.15, 0.2) is 35.0 Å². The summed E-state index contributed by atoms with van der Waals surface area (Å²) >= 11 is 1.13. The topological polar surface area (TPSA) is 80.9 Å². The van der Waals surface area contributed by atoms with Crippen molar-refractivity contribution in [1.82, 2.24) is 20.4 Å². The molecule has 1 aliphatic carbocycles. The molecule has 24 heavy (non-hydrogen) atoms. The molecule has 1 saturated carbocycles. The van der Waals surface area contributed by atoms with E-state index in [-0.39, 0.29) is 18.3 Å². The van der Waals surface area contributed by atoms with E-state index < -0.39 is 0 Å². The Kier molecular flexibility index (Phi) is 3.81. The maximum Gasteiger partial charge on any atom is 0.263 e. The number of carbonyl (C=O) groups excluding carboxylic acids is 1. The molecule has 1 aliphatic rings. The number of thiazole rings is 1. The molecule has 0 bridgehead atoms. The number of aromatic nitrogens is 3. The van der Waals surface area contributed by atoms with Gasteiger partial charge >= 0.3 is 0 Å². The van der Waals surface area contributed by atoms with Crippen LogP contribution in [0.1, 0.15) is 40.1 Å². The van der Waals surface area contributed by atoms with Crippen molar-refractivity contribution in [2.24, 2.45) is 0 Å². The molecule has 0 saturated heterocycles. The van der Waals surface area contributed by atoms with Crippen molar-refractivity contribution in [3.63, 3.8) is 0 Å². The minimum atomic E-state index is -0.364. The Bertz CT molecular complexity index is 888. The molecular weight excluding hydrogens is 331 g/mol. The zero-order chi connectivity index (χ0) is 16.5. The summed E-state index contributed by atoms with van der Waals surface area (Å²) in [7, 11) is 0. The number of carbonyl (C=O) groups is 1. The van der Waals surface area contributed by atoms with Crippen LogP contribution in [0.3, 0.4) is 0 Å². The second kappa shape index (κ2) is 6.12. The highest BCUT2D eigenvalue weighted by Crippen LogP contribution is 2.38. The van der Waals surface area contributed by atoms with E-state index in [0.29, 0.717) is 33.1 Å². The molecule has 1 fully saturated rings. The van der Waals surface area contributed by atoms with Gasteiger partial charge in [0.2, 0.25) is 5.89 Å². The van der Waals surface area contributed by atoms with Gasteiger partial charge in [-0.15, -0.1) is 11.3 Å². The van der Waals surface area contributed by atoms with Crippen molar-refractivity contribution >= 4 is 17.2 Å². The minimum Gasteiger partial charge on any atom is -0.342 e. The maximum atomic E-state index is 13.8. The van der Waals surface area contributed by atoms with E-state index in [1.165, 1.54) is 12.3 Å². The summed E-state index contributed by atoms with van der Waals surface area (Å²) in [6.07, 6.45) is 3.61. The second-order valence-corrected chi connectivity index (χ2v) is 6.54. The molecule has 1 aromatic carbocycles. The first-order valence-corrected chi connectivity index (χ1v) is 8.34. The van der Waals surface area contributed by atoms with E-state index in [2.05, 4.69) is 20.4 Å². The van der Waals surface area contributed by atoms with Gasteiger partial charge in [-0.25, -0.2) is 9.37 Å². The third kappa shape index (κ3) is 3.05. The van der Waals surface area contributed by atoms with Crippen molar-refractivity contribution < 1.29 is 13.7 Å². The lowest BCUT2D eigenvalue weighted by Crippen LogP contribution is -2.22. The average molecular weight is 344 g/mol. The van der Waals surface area contributed by atoms with Crippen molar-refractivity contribution in [3.05, 3.63) is 52.9 Å². The maximum absolute atomic E-state index is 13.8. The van der Waals surface area contributed by atoms with Crippen LogP contribution in [0.25, 0.3) is 10.6 Å². The van der Waals surface area contributed by atoms with Crippen LogP contribution < -0.4 is 5.32 Å². The Morgan fingerprint density at radius 2 is 2.21 bits per heavy atom. The van der Waals surface area contributed by atoms with Crippen LogP contribution in [-0.2, 0) is 6.54 Å². The second-order valence-electron chi connectivity index (χ2n) is 5.51. The smallest absolute Gasteiger partial charge is 0.263 e. The Hall–Kier alpha value is -2.61. The van der Waals surface area contributed by atoms with Crippen LogP contribution >= 0.6 is 11.3 Å². The summed E-state index contributed by atoms with van der Waals surface area (Å²) in [6, 6.07) is 6.34. The quantitative estimate of drug-likeness (QED) is 0.769. The molecule has 0 aliphatic heterocycles. The van der Waals surface area contributed by atoms with Gasteiger partial charge in [-0.1, -0.05) is 17.3 Å². The molecule has 8 heteroatoms. The SMILES string of the molecule is O=C(NCc1nc(C2CC2)no1)c1cnc(-c2ccccc2F)s1. The van der Waals surface area contributed by atoms with Gasteiger partial charge in [-0.05, 0) is 25.0 Å². The van der Waals surface area contributed by atoms with Gasteiger partial charge in [0.25, 0.3) is 5.91 Å². The predicted molar refractivity (Wildman–Crippen MR) is 85.0 cm³/mol. The van der Waals surface area contributed by atoms with E-state index in [4.69, 9.17) is 4.52 Å². The third-order valence-electron chi connectivity index (χ3n) is 3.66. The van der Waals surface area contributed by atoms with E-state index in [9.17, 15) is 9.18 Å². The van der Waals surface area contributed by atoms with Crippen LogP contribution in [0, 0.1) is 5.82 Å². The summed E-state index contributed by atoms with van der Waals surface area (Å²) < 4.78 is 18.9. The lowest BCUT2D eigenvalue weighted by atomic mass is 10.2. The first-order chi connectivity index (χ1) is 11.7. The summed E-state index contributed by atoms with van der Waals surface area (Å²) in [5.74, 6) is 0.824. The monoisotopic (exact) mass is 344 g/mol. The highest BCUT2D eigenvalue weighted by Gasteiger charge is 2.28. The number of benzene rings is 1. The molecule has 6 nitrogen and oxygen atoms in total. The standard InChI is InChI=1S/C16H13FN4O2S/c17-11-4-2-1-3-10(11)16-19-7-12(24-16)15(22)18-8-13-20-14(21-23-13)9-5-6-9/h1-4,7,9H,5-6,8H2,(H,18,22). The molecule has 0 unspecified atom stereocenters. The molecule has 0 atom stereocenters. The Morgan fingerprint density at radius 1 is 1.38 bits per heavy atom. The van der Waals surface area contributed by atoms with Crippen LogP contribution in [-0.4, -0.2) is 21.0 Å². The zero-order valence-electron chi connectivity index (χ0n) is 12.5. The first kappa shape index (κ1) is 14.9. The van der Waals surface area contributed by atoms with Gasteiger partial charge in [-0.3, -0.25) is 4.79 Å². The molecule has 2 heterocycles. The number of hydrogen-bond donors (Lipinski definition) is 1. The molecule has 3 aromatic rings. The molecule has 122 valence electrons. The van der Waals surface area contributed by atoms with Crippen molar-refractivity contribution in [2.75, 3.05) is 0 Å². The fraction of sp³-hybridized carbons (Fsp3) is 0.250. The number of halogens is 1. The van der Waals surface area contributed by atoms with Crippen LogP contribution in [0.5, 0.6) is 0 Å². The van der Waals surface area contributed by atoms with Crippen molar-refractivity contribution in [2.45, 2.75) is 25.3 Å². The lowest BCUT2D eigenvalue weighted by molar-refractivity contribution is 0.0950. The van der Waals surface area contributed by atoms with E-state index >= 15 is 0 Å². The van der Waals surface area contributed by atoms with Gasteiger partial charge in [0.15, 0.2) is 5.82 Å². The van der Waals surface area contributed by atoms with E-state index in [1.807, 2.05) is 0 Å². The summed E-state index contributed by atoms with van der Waals surface area (Å²) in [4.78, 5) is 20.9. The average Bonchev–Trinajstić information content (AvgIpc) is 3.13. The van der Waals surface area contributed by atoms with Crippen molar-refractivity contribution in [3.8, 4) is 10.6 Å². The first-order valence-electron chi connectivity index (χ1n) is 7.52. The van der Waals surface area contributed by atoms with Crippen molar-refractivity contribution in [1.29, 1.82) is 0 Å². The normalized spacial score (nSPS) is 13.9. The molecule has 2 aromatic heterocycles. The number of rotatable bonds is 5. The molecular formula is C16H13FN4O2S. The molecule has 1 N–H and O–H groups in total. The summed E-state index contributed by atoms with van der Waals surface area (Å²) in [6.45, 7) is 0.158. The van der Waals surface area contributed by atoms with Crippen LogP contribution in [0.2, 0.25) is 0 Å². The van der Waals surface area contributed by atoms with E-state index in [1.54, 1.807) is 18.2 Å². The fourth-order valence-corrected chi connectivity index (χ4v) is 3.09. The molecule has 1 amide bonds. The molecule has 0 radical (unpaired) electrons. The van der Waals surface area contributed by atoms with E-state index in [0.717, 1.165) is 24.2 Å². The van der Waals surface area contributed by atoms with Gasteiger partial charge in [0, 0.05) is 11.5 Å². The van der Waals surface area contributed by atoms with Gasteiger partial charge in [-0.2, -0.15) is 4.98 Å². The predicted octanol–water partition coefficient (Wildman–Crippen LogP) is 3.14. The highest BCUT2D eigenvalue weighted by molar-refractivity contribution is 7.16. The number of nitrogens with zero attached hydrogens (tertiary/aromatic N) is 3. The number of hydrogen-bond acceptors (Lipinski definition) is 6. The summed E-state index contributed by atoms with van der Waals surface area (Å²) in [5.41, 5.74) is 0.382. The summed E-state index contributed by atoms with van der Waals surface area (Å²) in [5, 5.41) is 7.07. The number of nitrogens with one attached hydrogen (secondary N) is 1. The Labute approximate surface area is 140 Å². The van der Waals surface area contributed by atoms with Crippen LogP contribution in [0.4, 0.5) is 4.39 Å². The highest BCUT2D eigenvalue weighted by atomic mass is 32.1. The third-order valence-corrected chi connectivity index (χ3v) is 4.69. The molecule has 4 rings (SSSR count). The molecule has 0 spiro atoms. The Morgan fingerprint density at radius 3 is 3.00 bits per heavy atom. The Balaban J connectivity index is 1.42. The van der Waals surface area contributed by atoms with Gasteiger partial charge in [0.05, 0.1) is 12.7 Å².